The van der Waals surface area contributed by atoms with Gasteiger partial charge in [-0.1, -0.05) is 24.3 Å². The zero-order chi connectivity index (χ0) is 27.1. The van der Waals surface area contributed by atoms with Crippen LogP contribution in [0.2, 0.25) is 0 Å². The van der Waals surface area contributed by atoms with Crippen molar-refractivity contribution >= 4 is 28.8 Å². The van der Waals surface area contributed by atoms with Gasteiger partial charge in [-0.05, 0) is 93.3 Å². The first-order valence-corrected chi connectivity index (χ1v) is 13.3. The van der Waals surface area contributed by atoms with E-state index >= 15 is 0 Å². The number of hydrogen-bond donors (Lipinski definition) is 1. The lowest BCUT2D eigenvalue weighted by Gasteiger charge is -2.28. The fraction of sp³-hybridized carbons (Fsp3) is 0.312. The second-order valence-corrected chi connectivity index (χ2v) is 10.1. The highest BCUT2D eigenvalue weighted by molar-refractivity contribution is 6.51. The monoisotopic (exact) mass is 510 g/mol. The molecule has 6 heteroatoms. The summed E-state index contributed by atoms with van der Waals surface area (Å²) in [6, 6.07) is 18.3. The molecule has 0 bridgehead atoms. The molecular weight excluding hydrogens is 476 g/mol. The van der Waals surface area contributed by atoms with Crippen molar-refractivity contribution in [2.75, 3.05) is 22.9 Å². The van der Waals surface area contributed by atoms with Gasteiger partial charge >= 0.3 is 0 Å². The van der Waals surface area contributed by atoms with E-state index < -0.39 is 17.7 Å². The number of amides is 1. The summed E-state index contributed by atoms with van der Waals surface area (Å²) in [5, 5.41) is 11.6. The summed E-state index contributed by atoms with van der Waals surface area (Å²) in [7, 11) is 0. The van der Waals surface area contributed by atoms with Crippen LogP contribution in [0.4, 0.5) is 11.4 Å². The number of nitrogens with zero attached hydrogens (tertiary/aromatic N) is 2. The number of aryl methyl sites for hydroxylation is 1. The molecule has 3 aromatic carbocycles. The Morgan fingerprint density at radius 2 is 1.74 bits per heavy atom. The van der Waals surface area contributed by atoms with Crippen molar-refractivity contribution in [1.29, 1.82) is 0 Å². The van der Waals surface area contributed by atoms with Gasteiger partial charge in [0.15, 0.2) is 0 Å². The van der Waals surface area contributed by atoms with E-state index in [9.17, 15) is 14.7 Å². The number of ketones is 1. The Kier molecular flexibility index (Phi) is 6.74. The van der Waals surface area contributed by atoms with Gasteiger partial charge in [0, 0.05) is 36.4 Å². The average molecular weight is 511 g/mol. The molecule has 1 amide bonds. The molecule has 2 aliphatic rings. The van der Waals surface area contributed by atoms with E-state index in [0.717, 1.165) is 53.2 Å². The van der Waals surface area contributed by atoms with Gasteiger partial charge in [0.25, 0.3) is 11.7 Å². The van der Waals surface area contributed by atoms with Crippen LogP contribution in [0, 0.1) is 13.8 Å². The fourth-order valence-electron chi connectivity index (χ4n) is 5.57. The molecular formula is C32H34N2O4. The first kappa shape index (κ1) is 25.6. The molecule has 196 valence electrons. The summed E-state index contributed by atoms with van der Waals surface area (Å²) < 4.78 is 5.81. The molecule has 5 rings (SSSR count). The number of ether oxygens (including phenoxy) is 1. The Bertz CT molecular complexity index is 1440. The standard InChI is InChI=1S/C32H34N2O4/c1-6-33(7-2)25-14-11-22(12-15-25)29-28(30(35)23-13-16-27-24(18-23)17-20(4)38-27)31(36)32(37)34(29)26-10-8-9-19(3)21(26)5/h8-16,18,20,29,35H,6-7,17H2,1-5H3/b30-28-. The molecule has 0 aliphatic carbocycles. The summed E-state index contributed by atoms with van der Waals surface area (Å²) in [5.74, 6) is -0.715. The van der Waals surface area contributed by atoms with Crippen molar-refractivity contribution in [2.24, 2.45) is 0 Å². The van der Waals surface area contributed by atoms with Crippen LogP contribution >= 0.6 is 0 Å². The van der Waals surface area contributed by atoms with E-state index in [1.54, 1.807) is 11.0 Å². The summed E-state index contributed by atoms with van der Waals surface area (Å²) in [4.78, 5) is 31.0. The van der Waals surface area contributed by atoms with Crippen molar-refractivity contribution in [3.63, 3.8) is 0 Å². The summed E-state index contributed by atoms with van der Waals surface area (Å²) >= 11 is 0. The maximum atomic E-state index is 13.6. The lowest BCUT2D eigenvalue weighted by Crippen LogP contribution is -2.30. The Morgan fingerprint density at radius 1 is 1.03 bits per heavy atom. The largest absolute Gasteiger partial charge is 0.507 e. The van der Waals surface area contributed by atoms with Gasteiger partial charge in [0.1, 0.15) is 17.6 Å². The molecule has 2 heterocycles. The summed E-state index contributed by atoms with van der Waals surface area (Å²) in [5.41, 5.74) is 6.01. The first-order chi connectivity index (χ1) is 18.2. The minimum Gasteiger partial charge on any atom is -0.507 e. The lowest BCUT2D eigenvalue weighted by atomic mass is 9.93. The molecule has 2 atom stereocenters. The minimum atomic E-state index is -0.760. The third-order valence-electron chi connectivity index (χ3n) is 7.79. The van der Waals surface area contributed by atoms with E-state index in [2.05, 4.69) is 18.7 Å². The van der Waals surface area contributed by atoms with E-state index in [-0.39, 0.29) is 17.4 Å². The number of hydrogen-bond acceptors (Lipinski definition) is 5. The molecule has 3 aromatic rings. The molecule has 0 aromatic heterocycles. The van der Waals surface area contributed by atoms with Crippen LogP contribution in [0.25, 0.3) is 5.76 Å². The second-order valence-electron chi connectivity index (χ2n) is 10.1. The molecule has 1 saturated heterocycles. The maximum absolute atomic E-state index is 13.6. The highest BCUT2D eigenvalue weighted by Crippen LogP contribution is 2.44. The SMILES string of the molecule is CCN(CC)c1ccc(C2/C(=C(/O)c3ccc4c(c3)CC(C)O4)C(=O)C(=O)N2c2cccc(C)c2C)cc1. The van der Waals surface area contributed by atoms with Crippen molar-refractivity contribution in [3.05, 3.63) is 94.1 Å². The van der Waals surface area contributed by atoms with Crippen molar-refractivity contribution in [3.8, 4) is 5.75 Å². The number of aliphatic hydroxyl groups excluding tert-OH is 1. The molecule has 0 spiro atoms. The van der Waals surface area contributed by atoms with Gasteiger partial charge in [-0.3, -0.25) is 14.5 Å². The summed E-state index contributed by atoms with van der Waals surface area (Å²) in [6.07, 6.45) is 0.783. The van der Waals surface area contributed by atoms with Gasteiger partial charge in [0.05, 0.1) is 11.6 Å². The van der Waals surface area contributed by atoms with Crippen LogP contribution in [0.5, 0.6) is 5.75 Å². The van der Waals surface area contributed by atoms with Crippen molar-refractivity contribution in [1.82, 2.24) is 0 Å². The van der Waals surface area contributed by atoms with E-state index in [0.29, 0.717) is 11.3 Å². The van der Waals surface area contributed by atoms with Crippen LogP contribution < -0.4 is 14.5 Å². The number of benzene rings is 3. The molecule has 2 unspecified atom stereocenters. The van der Waals surface area contributed by atoms with E-state index in [1.165, 1.54) is 0 Å². The maximum Gasteiger partial charge on any atom is 0.300 e. The van der Waals surface area contributed by atoms with Gasteiger partial charge in [0.2, 0.25) is 0 Å². The molecule has 0 saturated carbocycles. The normalized spacial score (nSPS) is 20.0. The van der Waals surface area contributed by atoms with Crippen LogP contribution in [0.3, 0.4) is 0 Å². The van der Waals surface area contributed by atoms with Gasteiger partial charge < -0.3 is 14.7 Å². The van der Waals surface area contributed by atoms with Crippen LogP contribution in [0.15, 0.2) is 66.2 Å². The number of carbonyl (C=O) groups is 2. The van der Waals surface area contributed by atoms with Crippen LogP contribution in [-0.2, 0) is 16.0 Å². The highest BCUT2D eigenvalue weighted by Gasteiger charge is 2.47. The van der Waals surface area contributed by atoms with Crippen LogP contribution in [0.1, 0.15) is 54.6 Å². The number of fused-ring (bicyclic) bond motifs is 1. The third-order valence-corrected chi connectivity index (χ3v) is 7.79. The average Bonchev–Trinajstić information content (AvgIpc) is 3.42. The van der Waals surface area contributed by atoms with Gasteiger partial charge in [-0.2, -0.15) is 0 Å². The van der Waals surface area contributed by atoms with E-state index in [4.69, 9.17) is 4.74 Å². The predicted octanol–water partition coefficient (Wildman–Crippen LogP) is 6.10. The van der Waals surface area contributed by atoms with Crippen molar-refractivity contribution < 1.29 is 19.4 Å². The number of aliphatic hydroxyl groups is 1. The molecule has 1 N–H and O–H groups in total. The zero-order valence-corrected chi connectivity index (χ0v) is 22.6. The lowest BCUT2D eigenvalue weighted by molar-refractivity contribution is -0.132. The first-order valence-electron chi connectivity index (χ1n) is 13.3. The van der Waals surface area contributed by atoms with Crippen molar-refractivity contribution in [2.45, 2.75) is 53.2 Å². The number of Topliss-reactive ketones (excluding diaryl/α,β-unsaturated/α-hetero) is 1. The zero-order valence-electron chi connectivity index (χ0n) is 22.6. The Balaban J connectivity index is 1.68. The molecule has 38 heavy (non-hydrogen) atoms. The minimum absolute atomic E-state index is 0.0570. The number of anilines is 2. The van der Waals surface area contributed by atoms with E-state index in [1.807, 2.05) is 75.4 Å². The number of rotatable bonds is 6. The number of carbonyl (C=O) groups excluding carboxylic acids is 2. The molecule has 6 nitrogen and oxygen atoms in total. The Labute approximate surface area is 224 Å². The molecule has 1 fully saturated rings. The Morgan fingerprint density at radius 3 is 2.42 bits per heavy atom. The highest BCUT2D eigenvalue weighted by atomic mass is 16.5. The van der Waals surface area contributed by atoms with Crippen LogP contribution in [-0.4, -0.2) is 36.0 Å². The summed E-state index contributed by atoms with van der Waals surface area (Å²) in [6.45, 7) is 11.9. The smallest absolute Gasteiger partial charge is 0.300 e. The molecule has 2 aliphatic heterocycles. The molecule has 0 radical (unpaired) electrons. The fourth-order valence-corrected chi connectivity index (χ4v) is 5.57. The van der Waals surface area contributed by atoms with Gasteiger partial charge in [-0.25, -0.2) is 0 Å². The Hall–Kier alpha value is -4.06. The topological polar surface area (TPSA) is 70.1 Å². The third kappa shape index (κ3) is 4.24. The second kappa shape index (κ2) is 10.0. The predicted molar refractivity (Wildman–Crippen MR) is 151 cm³/mol. The van der Waals surface area contributed by atoms with Gasteiger partial charge in [-0.15, -0.1) is 0 Å². The quantitative estimate of drug-likeness (QED) is 0.247.